The third kappa shape index (κ3) is 5.67. The lowest BCUT2D eigenvalue weighted by Gasteiger charge is -2.15. The van der Waals surface area contributed by atoms with Gasteiger partial charge in [0.15, 0.2) is 5.78 Å². The van der Waals surface area contributed by atoms with Crippen molar-refractivity contribution in [3.05, 3.63) is 34.2 Å². The zero-order valence-corrected chi connectivity index (χ0v) is 12.9. The van der Waals surface area contributed by atoms with E-state index in [9.17, 15) is 19.2 Å². The lowest BCUT2D eigenvalue weighted by molar-refractivity contribution is -0.142. The molecule has 1 rings (SSSR count). The molecule has 0 bridgehead atoms. The van der Waals surface area contributed by atoms with E-state index < -0.39 is 29.3 Å². The largest absolute Gasteiger partial charge is 0.480 e. The van der Waals surface area contributed by atoms with Gasteiger partial charge in [-0.25, -0.2) is 4.79 Å². The number of nitrogens with two attached hydrogens (primary N) is 1. The minimum absolute atomic E-state index is 0.0157. The number of aromatic nitrogens is 1. The van der Waals surface area contributed by atoms with Crippen molar-refractivity contribution in [3.8, 4) is 0 Å². The van der Waals surface area contributed by atoms with Gasteiger partial charge in [-0.2, -0.15) is 0 Å². The highest BCUT2D eigenvalue weighted by Crippen LogP contribution is 2.01. The number of ketones is 1. The number of hydrogen-bond acceptors (Lipinski definition) is 5. The summed E-state index contributed by atoms with van der Waals surface area (Å²) in [5.41, 5.74) is 4.75. The van der Waals surface area contributed by atoms with Gasteiger partial charge in [0.2, 0.25) is 5.91 Å². The van der Waals surface area contributed by atoms with Crippen LogP contribution in [0.4, 0.5) is 0 Å². The fourth-order valence-electron chi connectivity index (χ4n) is 2.07. The molecule has 0 fully saturated rings. The van der Waals surface area contributed by atoms with Gasteiger partial charge in [-0.15, -0.1) is 0 Å². The van der Waals surface area contributed by atoms with E-state index in [-0.39, 0.29) is 18.5 Å². The molecule has 1 amide bonds. The number of carbonyl (C=O) groups excluding carboxylic acids is 2. The molecule has 1 aromatic heterocycles. The molecule has 0 aliphatic rings. The molecule has 0 aliphatic heterocycles. The van der Waals surface area contributed by atoms with Gasteiger partial charge in [0.05, 0.1) is 5.56 Å². The molecular formula is C15H21N3O5. The highest BCUT2D eigenvalue weighted by atomic mass is 16.4. The number of amides is 1. The number of carbonyl (C=O) groups is 3. The lowest BCUT2D eigenvalue weighted by atomic mass is 10.1. The second-order valence-corrected chi connectivity index (χ2v) is 5.15. The molecule has 0 radical (unpaired) electrons. The Bertz CT molecular complexity index is 638. The van der Waals surface area contributed by atoms with E-state index in [1.165, 1.54) is 25.3 Å². The van der Waals surface area contributed by atoms with Crippen LogP contribution in [0.15, 0.2) is 23.1 Å². The number of carboxylic acids is 1. The maximum absolute atomic E-state index is 12.0. The van der Waals surface area contributed by atoms with Gasteiger partial charge in [0.1, 0.15) is 12.6 Å². The summed E-state index contributed by atoms with van der Waals surface area (Å²) in [4.78, 5) is 46.4. The molecule has 0 spiro atoms. The summed E-state index contributed by atoms with van der Waals surface area (Å²) in [6, 6.07) is 1.84. The lowest BCUT2D eigenvalue weighted by Crippen LogP contribution is -2.43. The van der Waals surface area contributed by atoms with E-state index in [1.54, 1.807) is 0 Å². The molecule has 0 saturated heterocycles. The molecule has 0 aromatic carbocycles. The van der Waals surface area contributed by atoms with Crippen molar-refractivity contribution in [2.45, 2.75) is 38.8 Å². The van der Waals surface area contributed by atoms with Gasteiger partial charge in [-0.05, 0) is 44.9 Å². The molecule has 126 valence electrons. The molecule has 8 heteroatoms. The predicted octanol–water partition coefficient (Wildman–Crippen LogP) is -0.251. The van der Waals surface area contributed by atoms with Crippen molar-refractivity contribution in [1.82, 2.24) is 9.88 Å². The Labute approximate surface area is 133 Å². The number of nitrogens with zero attached hydrogens (tertiary/aromatic N) is 1. The first-order valence-corrected chi connectivity index (χ1v) is 7.29. The Kier molecular flexibility index (Phi) is 7.14. The molecule has 23 heavy (non-hydrogen) atoms. The Hall–Kier alpha value is -2.48. The van der Waals surface area contributed by atoms with E-state index in [0.29, 0.717) is 19.4 Å². The Morgan fingerprint density at radius 2 is 2.04 bits per heavy atom. The second-order valence-electron chi connectivity index (χ2n) is 5.15. The third-order valence-electron chi connectivity index (χ3n) is 3.29. The van der Waals surface area contributed by atoms with Crippen LogP contribution in [0, 0.1) is 0 Å². The molecule has 1 atom stereocenters. The Morgan fingerprint density at radius 3 is 2.61 bits per heavy atom. The number of Topliss-reactive ketones (excluding diaryl/α,β-unsaturated/α-hetero) is 1. The predicted molar refractivity (Wildman–Crippen MR) is 83.2 cm³/mol. The molecule has 0 aliphatic carbocycles. The Balaban J connectivity index is 2.75. The smallest absolute Gasteiger partial charge is 0.326 e. The van der Waals surface area contributed by atoms with Crippen molar-refractivity contribution >= 4 is 17.7 Å². The Morgan fingerprint density at radius 1 is 1.35 bits per heavy atom. The van der Waals surface area contributed by atoms with Crippen LogP contribution in [-0.2, 0) is 16.1 Å². The van der Waals surface area contributed by atoms with Crippen LogP contribution in [0.2, 0.25) is 0 Å². The first-order valence-electron chi connectivity index (χ1n) is 7.29. The van der Waals surface area contributed by atoms with E-state index >= 15 is 0 Å². The van der Waals surface area contributed by atoms with Crippen LogP contribution < -0.4 is 16.6 Å². The summed E-state index contributed by atoms with van der Waals surface area (Å²) in [7, 11) is 0. The van der Waals surface area contributed by atoms with Gasteiger partial charge in [-0.1, -0.05) is 0 Å². The monoisotopic (exact) mass is 323 g/mol. The zero-order chi connectivity index (χ0) is 17.4. The number of rotatable bonds is 9. The number of aliphatic carboxylic acids is 1. The maximum Gasteiger partial charge on any atom is 0.326 e. The summed E-state index contributed by atoms with van der Waals surface area (Å²) >= 11 is 0. The molecule has 8 nitrogen and oxygen atoms in total. The van der Waals surface area contributed by atoms with Crippen LogP contribution in [0.3, 0.4) is 0 Å². The van der Waals surface area contributed by atoms with Crippen LogP contribution in [0.1, 0.15) is 36.5 Å². The number of unbranched alkanes of at least 4 members (excludes halogenated alkanes) is 1. The van der Waals surface area contributed by atoms with E-state index in [2.05, 4.69) is 5.32 Å². The van der Waals surface area contributed by atoms with E-state index in [4.69, 9.17) is 10.8 Å². The number of nitrogens with one attached hydrogen (secondary N) is 1. The molecule has 1 aromatic rings. The van der Waals surface area contributed by atoms with Gasteiger partial charge in [-0.3, -0.25) is 14.4 Å². The molecule has 1 heterocycles. The first-order chi connectivity index (χ1) is 10.9. The summed E-state index contributed by atoms with van der Waals surface area (Å²) in [5, 5.41) is 11.5. The van der Waals surface area contributed by atoms with Gasteiger partial charge < -0.3 is 20.7 Å². The molecular weight excluding hydrogens is 302 g/mol. The topological polar surface area (TPSA) is 131 Å². The average molecular weight is 323 g/mol. The number of carboxylic acid groups (broad SMARTS) is 1. The van der Waals surface area contributed by atoms with E-state index in [0.717, 1.165) is 4.57 Å². The molecule has 0 saturated carbocycles. The van der Waals surface area contributed by atoms with Crippen molar-refractivity contribution < 1.29 is 19.5 Å². The number of pyridine rings is 1. The highest BCUT2D eigenvalue weighted by molar-refractivity contribution is 5.93. The highest BCUT2D eigenvalue weighted by Gasteiger charge is 2.20. The van der Waals surface area contributed by atoms with Crippen LogP contribution in [0.25, 0.3) is 0 Å². The average Bonchev–Trinajstić information content (AvgIpc) is 2.48. The van der Waals surface area contributed by atoms with Crippen molar-refractivity contribution in [2.24, 2.45) is 5.73 Å². The fraction of sp³-hybridized carbons (Fsp3) is 0.467. The molecule has 0 unspecified atom stereocenters. The van der Waals surface area contributed by atoms with Crippen LogP contribution in [0.5, 0.6) is 0 Å². The number of hydrogen-bond donors (Lipinski definition) is 3. The molecule has 4 N–H and O–H groups in total. The van der Waals surface area contributed by atoms with Gasteiger partial charge >= 0.3 is 5.97 Å². The summed E-state index contributed by atoms with van der Waals surface area (Å²) in [6.07, 6.45) is 2.88. The normalized spacial score (nSPS) is 11.7. The minimum atomic E-state index is -1.14. The van der Waals surface area contributed by atoms with Gasteiger partial charge in [0.25, 0.3) is 5.56 Å². The van der Waals surface area contributed by atoms with E-state index in [1.807, 2.05) is 0 Å². The summed E-state index contributed by atoms with van der Waals surface area (Å²) in [6.45, 7) is 1.37. The summed E-state index contributed by atoms with van der Waals surface area (Å²) in [5.74, 6) is -2.14. The zero-order valence-electron chi connectivity index (χ0n) is 12.9. The first kappa shape index (κ1) is 18.6. The van der Waals surface area contributed by atoms with Crippen molar-refractivity contribution in [1.29, 1.82) is 0 Å². The standard InChI is InChI=1S/C15H21N3O5/c1-10(19)11-5-4-8-18(14(11)21)9-13(20)17-12(15(22)23)6-2-3-7-16/h4-5,8,12H,2-3,6-7,9,16H2,1H3,(H,17,20)(H,22,23)/t12-/m0/s1. The maximum atomic E-state index is 12.0. The van der Waals surface area contributed by atoms with Crippen molar-refractivity contribution in [2.75, 3.05) is 6.54 Å². The van der Waals surface area contributed by atoms with Gasteiger partial charge in [0, 0.05) is 6.20 Å². The fourth-order valence-corrected chi connectivity index (χ4v) is 2.07. The SMILES string of the molecule is CC(=O)c1cccn(CC(=O)N[C@@H](CCCCN)C(=O)O)c1=O. The quantitative estimate of drug-likeness (QED) is 0.424. The van der Waals surface area contributed by atoms with Crippen LogP contribution in [-0.4, -0.2) is 39.9 Å². The summed E-state index contributed by atoms with van der Waals surface area (Å²) < 4.78 is 1.07. The third-order valence-corrected chi connectivity index (χ3v) is 3.29. The van der Waals surface area contributed by atoms with Crippen LogP contribution >= 0.6 is 0 Å². The second kappa shape index (κ2) is 8.84. The van der Waals surface area contributed by atoms with Crippen molar-refractivity contribution in [3.63, 3.8) is 0 Å². The minimum Gasteiger partial charge on any atom is -0.480 e.